The van der Waals surface area contributed by atoms with E-state index < -0.39 is 5.41 Å². The van der Waals surface area contributed by atoms with Crippen LogP contribution < -0.4 is 10.6 Å². The lowest BCUT2D eigenvalue weighted by Gasteiger charge is -2.22. The molecule has 2 aromatic heterocycles. The summed E-state index contributed by atoms with van der Waals surface area (Å²) < 4.78 is 0.612. The summed E-state index contributed by atoms with van der Waals surface area (Å²) in [5.41, 5.74) is 2.79. The van der Waals surface area contributed by atoms with Crippen molar-refractivity contribution < 1.29 is 9.59 Å². The van der Waals surface area contributed by atoms with Gasteiger partial charge in [-0.25, -0.2) is 4.98 Å². The number of aromatic nitrogens is 2. The molecule has 0 fully saturated rings. The van der Waals surface area contributed by atoms with Gasteiger partial charge in [-0.3, -0.25) is 14.6 Å². The summed E-state index contributed by atoms with van der Waals surface area (Å²) in [6.45, 7) is 5.55. The molecule has 2 amide bonds. The summed E-state index contributed by atoms with van der Waals surface area (Å²) in [5.74, 6) is -0.506. The Labute approximate surface area is 209 Å². The van der Waals surface area contributed by atoms with Crippen molar-refractivity contribution in [2.75, 3.05) is 0 Å². The van der Waals surface area contributed by atoms with Gasteiger partial charge in [0.05, 0.1) is 22.0 Å². The highest BCUT2D eigenvalue weighted by Crippen LogP contribution is 2.33. The van der Waals surface area contributed by atoms with Crippen molar-refractivity contribution >= 4 is 49.4 Å². The Morgan fingerprint density at radius 2 is 2.00 bits per heavy atom. The molecule has 0 aliphatic heterocycles. The average molecular weight is 536 g/mol. The summed E-state index contributed by atoms with van der Waals surface area (Å²) in [7, 11) is 0. The van der Waals surface area contributed by atoms with Gasteiger partial charge in [0.2, 0.25) is 0 Å². The van der Waals surface area contributed by atoms with Gasteiger partial charge in [-0.05, 0) is 72.5 Å². The van der Waals surface area contributed by atoms with E-state index in [2.05, 4.69) is 42.6 Å². The lowest BCUT2D eigenvalue weighted by molar-refractivity contribution is 0.0944. The number of nitriles is 1. The molecule has 3 aromatic rings. The maximum atomic E-state index is 13.0. The van der Waals surface area contributed by atoms with Crippen LogP contribution in [0.15, 0.2) is 64.6 Å². The Morgan fingerprint density at radius 1 is 1.24 bits per heavy atom. The number of carbonyl (C=O) groups excluding carboxylic acids is 2. The maximum Gasteiger partial charge on any atom is 0.267 e. The molecular weight excluding hydrogens is 514 g/mol. The van der Waals surface area contributed by atoms with Crippen molar-refractivity contribution in [2.24, 2.45) is 0 Å². The van der Waals surface area contributed by atoms with Crippen LogP contribution in [0.1, 0.15) is 52.8 Å². The van der Waals surface area contributed by atoms with Crippen LogP contribution in [0.5, 0.6) is 0 Å². The third-order valence-electron chi connectivity index (χ3n) is 5.64. The SMILES string of the molecule is CC1=CCC(NC(=O)c2cccc(C(C)(C)C#N)c2)C=C1NC(=O)c1sc2nccnc2c1Br. The van der Waals surface area contributed by atoms with Crippen molar-refractivity contribution in [3.63, 3.8) is 0 Å². The van der Waals surface area contributed by atoms with E-state index in [1.54, 1.807) is 30.6 Å². The first-order chi connectivity index (χ1) is 16.2. The lowest BCUT2D eigenvalue weighted by Crippen LogP contribution is -2.36. The second-order valence-corrected chi connectivity index (χ2v) is 10.3. The summed E-state index contributed by atoms with van der Waals surface area (Å²) in [6.07, 6.45) is 7.63. The minimum Gasteiger partial charge on any atom is -0.345 e. The molecule has 34 heavy (non-hydrogen) atoms. The zero-order valence-electron chi connectivity index (χ0n) is 18.8. The number of carbonyl (C=O) groups is 2. The average Bonchev–Trinajstić information content (AvgIpc) is 3.18. The molecule has 2 N–H and O–H groups in total. The van der Waals surface area contributed by atoms with E-state index in [1.807, 2.05) is 39.0 Å². The van der Waals surface area contributed by atoms with Crippen molar-refractivity contribution in [1.29, 1.82) is 5.26 Å². The standard InChI is InChI=1S/C25H22BrN5O2S/c1-14-7-8-17(30-22(32)15-5-4-6-16(11-15)25(2,3)13-27)12-18(14)31-23(33)21-19(26)20-24(34-21)29-10-9-28-20/h4-7,9-12,17H,8H2,1-3H3,(H,30,32)(H,31,33). The molecule has 1 aliphatic rings. The summed E-state index contributed by atoms with van der Waals surface area (Å²) in [6, 6.07) is 9.07. The molecule has 0 saturated carbocycles. The largest absolute Gasteiger partial charge is 0.345 e. The monoisotopic (exact) mass is 535 g/mol. The number of thiophene rings is 1. The Hall–Kier alpha value is -3.35. The molecular formula is C25H22BrN5O2S. The van der Waals surface area contributed by atoms with E-state index in [0.29, 0.717) is 37.4 Å². The molecule has 0 bridgehead atoms. The second-order valence-electron chi connectivity index (χ2n) is 8.51. The van der Waals surface area contributed by atoms with Gasteiger partial charge in [-0.1, -0.05) is 18.2 Å². The first-order valence-corrected chi connectivity index (χ1v) is 12.2. The quantitative estimate of drug-likeness (QED) is 0.476. The third kappa shape index (κ3) is 4.79. The number of allylic oxidation sites excluding steroid dienone is 1. The van der Waals surface area contributed by atoms with E-state index in [9.17, 15) is 14.9 Å². The van der Waals surface area contributed by atoms with E-state index in [-0.39, 0.29) is 17.9 Å². The van der Waals surface area contributed by atoms with Gasteiger partial charge in [0.25, 0.3) is 11.8 Å². The number of nitrogens with one attached hydrogen (secondary N) is 2. The summed E-state index contributed by atoms with van der Waals surface area (Å²) in [5, 5.41) is 15.4. The first kappa shape index (κ1) is 23.8. The fourth-order valence-corrected chi connectivity index (χ4v) is 5.28. The number of benzene rings is 1. The van der Waals surface area contributed by atoms with Crippen LogP contribution >= 0.6 is 27.3 Å². The van der Waals surface area contributed by atoms with Crippen LogP contribution in [-0.4, -0.2) is 27.8 Å². The van der Waals surface area contributed by atoms with Gasteiger partial charge in [0, 0.05) is 23.7 Å². The van der Waals surface area contributed by atoms with E-state index in [1.165, 1.54) is 11.3 Å². The van der Waals surface area contributed by atoms with Gasteiger partial charge < -0.3 is 10.6 Å². The molecule has 0 radical (unpaired) electrons. The van der Waals surface area contributed by atoms with Crippen LogP contribution in [-0.2, 0) is 5.41 Å². The predicted molar refractivity (Wildman–Crippen MR) is 135 cm³/mol. The number of nitrogens with zero attached hydrogens (tertiary/aromatic N) is 3. The molecule has 1 atom stereocenters. The molecule has 1 aromatic carbocycles. The van der Waals surface area contributed by atoms with Crippen LogP contribution in [0.25, 0.3) is 10.3 Å². The van der Waals surface area contributed by atoms with E-state index in [4.69, 9.17) is 0 Å². The van der Waals surface area contributed by atoms with Crippen molar-refractivity contribution in [3.8, 4) is 6.07 Å². The topological polar surface area (TPSA) is 108 Å². The van der Waals surface area contributed by atoms with Crippen LogP contribution in [0.2, 0.25) is 0 Å². The van der Waals surface area contributed by atoms with Crippen molar-refractivity contribution in [2.45, 2.75) is 38.6 Å². The van der Waals surface area contributed by atoms with Crippen LogP contribution in [0, 0.1) is 11.3 Å². The Morgan fingerprint density at radius 3 is 2.74 bits per heavy atom. The van der Waals surface area contributed by atoms with Crippen molar-refractivity contribution in [3.05, 3.63) is 80.6 Å². The van der Waals surface area contributed by atoms with E-state index in [0.717, 1.165) is 11.1 Å². The number of hydrogen-bond donors (Lipinski definition) is 2. The number of fused-ring (bicyclic) bond motifs is 1. The number of hydrogen-bond acceptors (Lipinski definition) is 6. The second kappa shape index (κ2) is 9.49. The maximum absolute atomic E-state index is 13.0. The highest BCUT2D eigenvalue weighted by molar-refractivity contribution is 9.10. The van der Waals surface area contributed by atoms with Gasteiger partial charge in [-0.2, -0.15) is 5.26 Å². The van der Waals surface area contributed by atoms with Crippen LogP contribution in [0.4, 0.5) is 0 Å². The number of amides is 2. The van der Waals surface area contributed by atoms with Gasteiger partial charge in [0.1, 0.15) is 15.2 Å². The Bertz CT molecular complexity index is 1400. The molecule has 1 aliphatic carbocycles. The normalized spacial score (nSPS) is 15.8. The molecule has 0 spiro atoms. The molecule has 172 valence electrons. The predicted octanol–water partition coefficient (Wildman–Crippen LogP) is 5.02. The number of rotatable bonds is 5. The van der Waals surface area contributed by atoms with Gasteiger partial charge in [-0.15, -0.1) is 11.3 Å². The minimum atomic E-state index is -0.690. The Balaban J connectivity index is 1.50. The van der Waals surface area contributed by atoms with Crippen LogP contribution in [0.3, 0.4) is 0 Å². The van der Waals surface area contributed by atoms with Gasteiger partial charge in [0.15, 0.2) is 0 Å². The molecule has 2 heterocycles. The smallest absolute Gasteiger partial charge is 0.267 e. The molecule has 4 rings (SSSR count). The first-order valence-electron chi connectivity index (χ1n) is 10.6. The third-order valence-corrected chi connectivity index (χ3v) is 7.76. The number of halogens is 1. The van der Waals surface area contributed by atoms with E-state index >= 15 is 0 Å². The zero-order valence-corrected chi connectivity index (χ0v) is 21.3. The highest BCUT2D eigenvalue weighted by Gasteiger charge is 2.24. The fourth-order valence-electron chi connectivity index (χ4n) is 3.55. The highest BCUT2D eigenvalue weighted by atomic mass is 79.9. The fraction of sp³-hybridized carbons (Fsp3) is 0.240. The summed E-state index contributed by atoms with van der Waals surface area (Å²) >= 11 is 4.73. The molecule has 9 heteroatoms. The minimum absolute atomic E-state index is 0.236. The zero-order chi connectivity index (χ0) is 24.5. The Kier molecular flexibility index (Phi) is 6.64. The molecule has 1 unspecified atom stereocenters. The molecule has 0 saturated heterocycles. The lowest BCUT2D eigenvalue weighted by atomic mass is 9.85. The summed E-state index contributed by atoms with van der Waals surface area (Å²) in [4.78, 5) is 35.6. The van der Waals surface area contributed by atoms with Crippen molar-refractivity contribution in [1.82, 2.24) is 20.6 Å². The van der Waals surface area contributed by atoms with Gasteiger partial charge >= 0.3 is 0 Å². The molecule has 7 nitrogen and oxygen atoms in total.